The molecular weight excluding hydrogens is 402 g/mol. The van der Waals surface area contributed by atoms with Gasteiger partial charge in [0.15, 0.2) is 5.76 Å². The summed E-state index contributed by atoms with van der Waals surface area (Å²) in [6.07, 6.45) is 2.42. The zero-order valence-corrected chi connectivity index (χ0v) is 18.6. The van der Waals surface area contributed by atoms with Gasteiger partial charge in [0.2, 0.25) is 0 Å². The molecule has 1 amide bonds. The van der Waals surface area contributed by atoms with Crippen molar-refractivity contribution in [3.63, 3.8) is 0 Å². The molecule has 4 rings (SSSR count). The molecule has 1 aromatic heterocycles. The van der Waals surface area contributed by atoms with Gasteiger partial charge in [-0.1, -0.05) is 48.5 Å². The number of nitrogens with one attached hydrogen (secondary N) is 1. The molecule has 0 aliphatic carbocycles. The van der Waals surface area contributed by atoms with Crippen LogP contribution in [0.1, 0.15) is 34.1 Å². The van der Waals surface area contributed by atoms with E-state index in [0.717, 1.165) is 43.9 Å². The summed E-state index contributed by atoms with van der Waals surface area (Å²) in [5.41, 5.74) is 2.09. The van der Waals surface area contributed by atoms with Gasteiger partial charge < -0.3 is 19.4 Å². The van der Waals surface area contributed by atoms with E-state index in [2.05, 4.69) is 52.5 Å². The molecule has 2 aromatic carbocycles. The summed E-state index contributed by atoms with van der Waals surface area (Å²) in [7, 11) is 2.18. The molecule has 1 aliphatic rings. The van der Waals surface area contributed by atoms with E-state index in [1.807, 2.05) is 30.3 Å². The normalized spacial score (nSPS) is 17.2. The van der Waals surface area contributed by atoms with E-state index >= 15 is 0 Å². The molecule has 6 heteroatoms. The maximum Gasteiger partial charge on any atom is 0.287 e. The quantitative estimate of drug-likeness (QED) is 0.518. The molecule has 1 saturated heterocycles. The van der Waals surface area contributed by atoms with Crippen LogP contribution in [0.25, 0.3) is 0 Å². The van der Waals surface area contributed by atoms with Crippen LogP contribution in [0.5, 0.6) is 5.75 Å². The first-order valence-electron chi connectivity index (χ1n) is 11.2. The zero-order chi connectivity index (χ0) is 22.2. The van der Waals surface area contributed by atoms with E-state index in [-0.39, 0.29) is 5.91 Å². The Balaban J connectivity index is 1.26. The largest absolute Gasteiger partial charge is 0.489 e. The molecule has 1 aliphatic heterocycles. The van der Waals surface area contributed by atoms with Crippen LogP contribution in [0.2, 0.25) is 0 Å². The summed E-state index contributed by atoms with van der Waals surface area (Å²) < 4.78 is 11.2. The highest BCUT2D eigenvalue weighted by atomic mass is 16.5. The van der Waals surface area contributed by atoms with Gasteiger partial charge in [-0.25, -0.2) is 0 Å². The van der Waals surface area contributed by atoms with Gasteiger partial charge in [0.25, 0.3) is 5.91 Å². The second-order valence-corrected chi connectivity index (χ2v) is 8.21. The minimum atomic E-state index is -0.195. The molecule has 168 valence electrons. The third-order valence-electron chi connectivity index (χ3n) is 5.88. The molecule has 1 unspecified atom stereocenters. The van der Waals surface area contributed by atoms with Crippen LogP contribution in [-0.2, 0) is 6.61 Å². The predicted molar refractivity (Wildman–Crippen MR) is 125 cm³/mol. The number of furan rings is 1. The molecule has 2 heterocycles. The summed E-state index contributed by atoms with van der Waals surface area (Å²) in [5.74, 6) is 0.891. The second-order valence-electron chi connectivity index (χ2n) is 8.21. The lowest BCUT2D eigenvalue weighted by atomic mass is 10.0. The summed E-state index contributed by atoms with van der Waals surface area (Å²) in [6.45, 7) is 4.95. The van der Waals surface area contributed by atoms with Crippen molar-refractivity contribution in [2.24, 2.45) is 0 Å². The second kappa shape index (κ2) is 11.0. The van der Waals surface area contributed by atoms with E-state index in [1.165, 1.54) is 11.8 Å². The number of hydrogen-bond donors (Lipinski definition) is 1. The van der Waals surface area contributed by atoms with Crippen molar-refractivity contribution in [1.29, 1.82) is 0 Å². The van der Waals surface area contributed by atoms with Crippen LogP contribution in [0.4, 0.5) is 0 Å². The summed E-state index contributed by atoms with van der Waals surface area (Å²) >= 11 is 0. The number of carbonyl (C=O) groups excluding carboxylic acids is 1. The first-order valence-corrected chi connectivity index (χ1v) is 11.2. The van der Waals surface area contributed by atoms with Crippen molar-refractivity contribution in [1.82, 2.24) is 15.1 Å². The third kappa shape index (κ3) is 5.78. The van der Waals surface area contributed by atoms with Crippen LogP contribution in [0.15, 0.2) is 77.4 Å². The zero-order valence-electron chi connectivity index (χ0n) is 18.6. The molecule has 0 spiro atoms. The van der Waals surface area contributed by atoms with Crippen molar-refractivity contribution in [3.05, 3.63) is 89.9 Å². The molecule has 1 N–H and O–H groups in total. The van der Waals surface area contributed by atoms with Gasteiger partial charge in [0.05, 0.1) is 6.26 Å². The standard InChI is InChI=1S/C26H31N3O3/c1-28-16-17-29(24(19-28)21-9-4-2-5-10-21)15-8-14-27-26(30)25-22(13-18-31-25)20-32-23-11-6-3-7-12-23/h2-7,9-13,18,24H,8,14-17,19-20H2,1H3,(H,27,30). The molecular formula is C26H31N3O3. The number of likely N-dealkylation sites (N-methyl/N-ethyl adjacent to an activating group) is 1. The first kappa shape index (κ1) is 22.1. The van der Waals surface area contributed by atoms with Crippen molar-refractivity contribution in [3.8, 4) is 5.75 Å². The Labute approximate surface area is 189 Å². The van der Waals surface area contributed by atoms with Gasteiger partial charge in [-0.05, 0) is 37.2 Å². The Kier molecular flexibility index (Phi) is 7.59. The number of para-hydroxylation sites is 1. The van der Waals surface area contributed by atoms with Crippen LogP contribution in [-0.4, -0.2) is 55.5 Å². The number of amides is 1. The molecule has 32 heavy (non-hydrogen) atoms. The fraction of sp³-hybridized carbons (Fsp3) is 0.346. The summed E-state index contributed by atoms with van der Waals surface area (Å²) in [4.78, 5) is 17.5. The van der Waals surface area contributed by atoms with Crippen molar-refractivity contribution in [2.75, 3.05) is 39.8 Å². The molecule has 3 aromatic rings. The number of carbonyl (C=O) groups is 1. The van der Waals surface area contributed by atoms with Gasteiger partial charge >= 0.3 is 0 Å². The van der Waals surface area contributed by atoms with Crippen molar-refractivity contribution >= 4 is 5.91 Å². The van der Waals surface area contributed by atoms with Gasteiger partial charge in [0, 0.05) is 44.3 Å². The molecule has 6 nitrogen and oxygen atoms in total. The molecule has 0 bridgehead atoms. The van der Waals surface area contributed by atoms with Crippen molar-refractivity contribution < 1.29 is 13.9 Å². The monoisotopic (exact) mass is 433 g/mol. The lowest BCUT2D eigenvalue weighted by Crippen LogP contribution is -2.47. The van der Waals surface area contributed by atoms with Gasteiger partial charge in [0.1, 0.15) is 12.4 Å². The Morgan fingerprint density at radius 2 is 1.81 bits per heavy atom. The SMILES string of the molecule is CN1CCN(CCCNC(=O)c2occc2COc2ccccc2)C(c2ccccc2)C1. The first-order chi connectivity index (χ1) is 15.7. The molecule has 1 fully saturated rings. The number of benzene rings is 2. The average Bonchev–Trinajstić information content (AvgIpc) is 3.31. The molecule has 0 saturated carbocycles. The van der Waals surface area contributed by atoms with E-state index in [1.54, 1.807) is 6.07 Å². The topological polar surface area (TPSA) is 58.0 Å². The molecule has 0 radical (unpaired) electrons. The number of rotatable bonds is 9. The van der Waals surface area contributed by atoms with Gasteiger partial charge in [-0.15, -0.1) is 0 Å². The highest BCUT2D eigenvalue weighted by Gasteiger charge is 2.26. The highest BCUT2D eigenvalue weighted by molar-refractivity contribution is 5.92. The number of ether oxygens (including phenoxy) is 1. The average molecular weight is 434 g/mol. The van der Waals surface area contributed by atoms with E-state index < -0.39 is 0 Å². The van der Waals surface area contributed by atoms with Crippen LogP contribution in [0.3, 0.4) is 0 Å². The molecule has 1 atom stereocenters. The maximum atomic E-state index is 12.6. The van der Waals surface area contributed by atoms with E-state index in [9.17, 15) is 4.79 Å². The lowest BCUT2D eigenvalue weighted by molar-refractivity contribution is 0.0856. The van der Waals surface area contributed by atoms with Crippen LogP contribution in [0, 0.1) is 0 Å². The Morgan fingerprint density at radius 3 is 2.59 bits per heavy atom. The van der Waals surface area contributed by atoms with E-state index in [0.29, 0.717) is 25.0 Å². The summed E-state index contributed by atoms with van der Waals surface area (Å²) in [5, 5.41) is 3.00. The minimum absolute atomic E-state index is 0.195. The number of hydrogen-bond acceptors (Lipinski definition) is 5. The Bertz CT molecular complexity index is 974. The predicted octanol–water partition coefficient (Wildman–Crippen LogP) is 3.97. The number of nitrogens with zero attached hydrogens (tertiary/aromatic N) is 2. The lowest BCUT2D eigenvalue weighted by Gasteiger charge is -2.40. The maximum absolute atomic E-state index is 12.6. The number of piperazine rings is 1. The fourth-order valence-corrected chi connectivity index (χ4v) is 4.11. The van der Waals surface area contributed by atoms with Crippen LogP contribution >= 0.6 is 0 Å². The van der Waals surface area contributed by atoms with E-state index in [4.69, 9.17) is 9.15 Å². The Hall–Kier alpha value is -3.09. The van der Waals surface area contributed by atoms with Crippen LogP contribution < -0.4 is 10.1 Å². The van der Waals surface area contributed by atoms with Crippen molar-refractivity contribution in [2.45, 2.75) is 19.1 Å². The van der Waals surface area contributed by atoms with Gasteiger partial charge in [-0.2, -0.15) is 0 Å². The third-order valence-corrected chi connectivity index (χ3v) is 5.88. The minimum Gasteiger partial charge on any atom is -0.489 e. The highest BCUT2D eigenvalue weighted by Crippen LogP contribution is 2.24. The fourth-order valence-electron chi connectivity index (χ4n) is 4.11. The summed E-state index contributed by atoms with van der Waals surface area (Å²) in [6, 6.07) is 22.4. The smallest absolute Gasteiger partial charge is 0.287 e. The van der Waals surface area contributed by atoms with Gasteiger partial charge in [-0.3, -0.25) is 9.69 Å². The Morgan fingerprint density at radius 1 is 1.06 bits per heavy atom.